The maximum atomic E-state index is 13.9. The second-order valence-corrected chi connectivity index (χ2v) is 13.3. The number of nitro benzene ring substituents is 1. The number of nitro groups is 1. The normalized spacial score (nSPS) is 11.4. The molecular formula is C30H30N4O9S2. The van der Waals surface area contributed by atoms with Crippen molar-refractivity contribution in [3.8, 4) is 11.5 Å². The monoisotopic (exact) mass is 654 g/mol. The molecule has 0 saturated carbocycles. The van der Waals surface area contributed by atoms with Crippen LogP contribution in [0.3, 0.4) is 0 Å². The first-order valence-electron chi connectivity index (χ1n) is 13.2. The third-order valence-electron chi connectivity index (χ3n) is 6.78. The van der Waals surface area contributed by atoms with Crippen molar-refractivity contribution in [2.45, 2.75) is 23.6 Å². The van der Waals surface area contributed by atoms with Gasteiger partial charge in [0.2, 0.25) is 5.91 Å². The molecule has 236 valence electrons. The van der Waals surface area contributed by atoms with Gasteiger partial charge < -0.3 is 14.8 Å². The zero-order valence-corrected chi connectivity index (χ0v) is 26.3. The molecular weight excluding hydrogens is 624 g/mol. The number of anilines is 3. The molecule has 15 heteroatoms. The van der Waals surface area contributed by atoms with Gasteiger partial charge >= 0.3 is 0 Å². The second kappa shape index (κ2) is 13.2. The molecule has 0 spiro atoms. The van der Waals surface area contributed by atoms with Gasteiger partial charge in [0.05, 0.1) is 29.7 Å². The summed E-state index contributed by atoms with van der Waals surface area (Å²) in [5, 5.41) is 14.2. The highest BCUT2D eigenvalue weighted by Crippen LogP contribution is 2.37. The number of carbonyl (C=O) groups excluding carboxylic acids is 1. The zero-order chi connectivity index (χ0) is 32.9. The number of nitrogens with zero attached hydrogens (tertiary/aromatic N) is 2. The number of hydrogen-bond acceptors (Lipinski definition) is 9. The van der Waals surface area contributed by atoms with E-state index in [9.17, 15) is 31.7 Å². The molecule has 0 unspecified atom stereocenters. The van der Waals surface area contributed by atoms with Crippen molar-refractivity contribution in [1.82, 2.24) is 0 Å². The number of aryl methyl sites for hydroxylation is 2. The molecule has 0 bridgehead atoms. The fraction of sp³-hybridized carbons (Fsp3) is 0.167. The third kappa shape index (κ3) is 7.33. The van der Waals surface area contributed by atoms with Gasteiger partial charge in [0.25, 0.3) is 25.7 Å². The van der Waals surface area contributed by atoms with Gasteiger partial charge in [-0.25, -0.2) is 16.8 Å². The quantitative estimate of drug-likeness (QED) is 0.160. The summed E-state index contributed by atoms with van der Waals surface area (Å²) in [6.45, 7) is 2.96. The van der Waals surface area contributed by atoms with Crippen LogP contribution >= 0.6 is 0 Å². The Morgan fingerprint density at radius 3 is 2.13 bits per heavy atom. The fourth-order valence-electron chi connectivity index (χ4n) is 4.30. The first-order chi connectivity index (χ1) is 21.3. The molecule has 2 N–H and O–H groups in total. The molecule has 0 heterocycles. The first kappa shape index (κ1) is 32.8. The molecule has 0 aliphatic rings. The van der Waals surface area contributed by atoms with Crippen LogP contribution in [-0.4, -0.2) is 48.4 Å². The molecule has 0 saturated heterocycles. The maximum absolute atomic E-state index is 13.9. The Balaban J connectivity index is 1.63. The molecule has 0 fully saturated rings. The van der Waals surface area contributed by atoms with Gasteiger partial charge in [0, 0.05) is 23.5 Å². The molecule has 0 atom stereocenters. The smallest absolute Gasteiger partial charge is 0.289 e. The van der Waals surface area contributed by atoms with Crippen LogP contribution in [0.5, 0.6) is 11.5 Å². The minimum Gasteiger partial charge on any atom is -0.497 e. The molecule has 4 aromatic rings. The average Bonchev–Trinajstić information content (AvgIpc) is 3.01. The molecule has 45 heavy (non-hydrogen) atoms. The van der Waals surface area contributed by atoms with E-state index in [1.54, 1.807) is 18.2 Å². The zero-order valence-electron chi connectivity index (χ0n) is 24.7. The summed E-state index contributed by atoms with van der Waals surface area (Å²) < 4.78 is 67.4. The van der Waals surface area contributed by atoms with Gasteiger partial charge in [-0.2, -0.15) is 0 Å². The largest absolute Gasteiger partial charge is 0.497 e. The van der Waals surface area contributed by atoms with Crippen LogP contribution in [0.2, 0.25) is 0 Å². The van der Waals surface area contributed by atoms with Gasteiger partial charge in [0.15, 0.2) is 4.90 Å². The van der Waals surface area contributed by atoms with E-state index in [2.05, 4.69) is 10.0 Å². The van der Waals surface area contributed by atoms with E-state index in [0.717, 1.165) is 23.3 Å². The number of sulfonamides is 2. The van der Waals surface area contributed by atoms with E-state index in [1.165, 1.54) is 68.8 Å². The number of nitrogens with one attached hydrogen (secondary N) is 2. The van der Waals surface area contributed by atoms with Crippen molar-refractivity contribution in [2.75, 3.05) is 35.1 Å². The lowest BCUT2D eigenvalue weighted by Gasteiger charge is -2.25. The van der Waals surface area contributed by atoms with Crippen LogP contribution in [0.15, 0.2) is 94.7 Å². The predicted octanol–water partition coefficient (Wildman–Crippen LogP) is 4.86. The fourth-order valence-corrected chi connectivity index (χ4v) is 6.94. The number of amides is 1. The van der Waals surface area contributed by atoms with E-state index >= 15 is 0 Å². The molecule has 0 aliphatic carbocycles. The average molecular weight is 655 g/mol. The van der Waals surface area contributed by atoms with Crippen LogP contribution in [0, 0.1) is 24.0 Å². The van der Waals surface area contributed by atoms with Crippen LogP contribution < -0.4 is 23.8 Å². The number of hydrogen-bond donors (Lipinski definition) is 2. The van der Waals surface area contributed by atoms with Crippen LogP contribution in [0.1, 0.15) is 11.1 Å². The summed E-state index contributed by atoms with van der Waals surface area (Å²) in [5.74, 6) is -0.459. The second-order valence-electron chi connectivity index (χ2n) is 9.75. The topological polar surface area (TPSA) is 174 Å². The Kier molecular flexibility index (Phi) is 9.63. The number of rotatable bonds is 12. The van der Waals surface area contributed by atoms with Gasteiger partial charge in [-0.1, -0.05) is 18.2 Å². The molecule has 13 nitrogen and oxygen atoms in total. The molecule has 0 radical (unpaired) electrons. The maximum Gasteiger partial charge on any atom is 0.289 e. The summed E-state index contributed by atoms with van der Waals surface area (Å²) in [5.41, 5.74) is 1.74. The van der Waals surface area contributed by atoms with E-state index in [-0.39, 0.29) is 22.0 Å². The van der Waals surface area contributed by atoms with E-state index in [1.807, 2.05) is 13.8 Å². The summed E-state index contributed by atoms with van der Waals surface area (Å²) in [4.78, 5) is 23.4. The van der Waals surface area contributed by atoms with Gasteiger partial charge in [-0.15, -0.1) is 0 Å². The van der Waals surface area contributed by atoms with Crippen molar-refractivity contribution in [2.24, 2.45) is 0 Å². The van der Waals surface area contributed by atoms with Crippen LogP contribution in [-0.2, 0) is 24.8 Å². The molecule has 1 amide bonds. The third-order valence-corrected chi connectivity index (χ3v) is 9.98. The number of benzene rings is 4. The molecule has 4 rings (SSSR count). The minimum atomic E-state index is -4.71. The van der Waals surface area contributed by atoms with Gasteiger partial charge in [-0.3, -0.25) is 23.9 Å². The Morgan fingerprint density at radius 1 is 0.844 bits per heavy atom. The lowest BCUT2D eigenvalue weighted by Crippen LogP contribution is -2.38. The van der Waals surface area contributed by atoms with Crippen LogP contribution in [0.4, 0.5) is 22.7 Å². The Labute approximate surface area is 260 Å². The molecule has 4 aromatic carbocycles. The number of ether oxygens (including phenoxy) is 2. The number of carbonyl (C=O) groups is 1. The molecule has 0 aliphatic heterocycles. The first-order valence-corrected chi connectivity index (χ1v) is 16.2. The highest BCUT2D eigenvalue weighted by molar-refractivity contribution is 7.93. The lowest BCUT2D eigenvalue weighted by molar-refractivity contribution is -0.387. The highest BCUT2D eigenvalue weighted by atomic mass is 32.2. The minimum absolute atomic E-state index is 0.0233. The Hall–Kier alpha value is -5.15. The molecule has 0 aromatic heterocycles. The van der Waals surface area contributed by atoms with Crippen molar-refractivity contribution in [3.05, 3.63) is 106 Å². The Morgan fingerprint density at radius 2 is 1.51 bits per heavy atom. The predicted molar refractivity (Wildman–Crippen MR) is 169 cm³/mol. The summed E-state index contributed by atoms with van der Waals surface area (Å²) >= 11 is 0. The standard InChI is InChI=1S/C30H30N4O9S2/c1-20-9-10-23(17-21(20)2)32-44(38,39)25-14-11-22(12-15-25)31-30(35)19-33(26-16-13-24(42-3)18-28(26)43-4)45(40,41)29-8-6-5-7-27(29)34(36)37/h5-18,32H,19H2,1-4H3,(H,31,35). The van der Waals surface area contributed by atoms with Crippen LogP contribution in [0.25, 0.3) is 0 Å². The van der Waals surface area contributed by atoms with Gasteiger partial charge in [0.1, 0.15) is 18.0 Å². The summed E-state index contributed by atoms with van der Waals surface area (Å²) in [7, 11) is -5.96. The van der Waals surface area contributed by atoms with E-state index < -0.39 is 48.0 Å². The van der Waals surface area contributed by atoms with Crippen molar-refractivity contribution in [3.63, 3.8) is 0 Å². The van der Waals surface area contributed by atoms with Crippen molar-refractivity contribution >= 4 is 48.7 Å². The number of para-hydroxylation sites is 1. The highest BCUT2D eigenvalue weighted by Gasteiger charge is 2.34. The van der Waals surface area contributed by atoms with E-state index in [4.69, 9.17) is 9.47 Å². The summed E-state index contributed by atoms with van der Waals surface area (Å²) in [6.07, 6.45) is 0. The Bertz CT molecular complexity index is 1960. The van der Waals surface area contributed by atoms with Crippen molar-refractivity contribution in [1.29, 1.82) is 0 Å². The number of methoxy groups -OCH3 is 2. The lowest BCUT2D eigenvalue weighted by atomic mass is 10.1. The van der Waals surface area contributed by atoms with Crippen molar-refractivity contribution < 1.29 is 36.0 Å². The van der Waals surface area contributed by atoms with E-state index in [0.29, 0.717) is 15.7 Å². The summed E-state index contributed by atoms with van der Waals surface area (Å²) in [6, 6.07) is 19.4. The SMILES string of the molecule is COc1ccc(N(CC(=O)Nc2ccc(S(=O)(=O)Nc3ccc(C)c(C)c3)cc2)S(=O)(=O)c2ccccc2[N+](=O)[O-])c(OC)c1. The van der Waals surface area contributed by atoms with Gasteiger partial charge in [-0.05, 0) is 79.6 Å².